The second-order valence-corrected chi connectivity index (χ2v) is 8.05. The summed E-state index contributed by atoms with van der Waals surface area (Å²) in [6.07, 6.45) is 1.75. The molecule has 1 unspecified atom stereocenters. The Kier molecular flexibility index (Phi) is 5.41. The first-order valence-corrected chi connectivity index (χ1v) is 10.0. The van der Waals surface area contributed by atoms with Crippen LogP contribution in [0.2, 0.25) is 0 Å². The molecule has 0 amide bonds. The van der Waals surface area contributed by atoms with Crippen LogP contribution in [0.15, 0.2) is 17.1 Å². The van der Waals surface area contributed by atoms with E-state index in [9.17, 15) is 15.0 Å². The lowest BCUT2D eigenvalue weighted by Gasteiger charge is -2.40. The van der Waals surface area contributed by atoms with Crippen LogP contribution in [0.25, 0.3) is 0 Å². The number of benzene rings is 2. The van der Waals surface area contributed by atoms with Gasteiger partial charge < -0.3 is 26.4 Å². The highest BCUT2D eigenvalue weighted by Crippen LogP contribution is 2.48. The van der Waals surface area contributed by atoms with Crippen molar-refractivity contribution in [1.29, 1.82) is 0 Å². The van der Waals surface area contributed by atoms with Gasteiger partial charge in [-0.05, 0) is 81.3 Å². The number of nitrogens with two attached hydrogens (primary N) is 2. The molecule has 0 aromatic heterocycles. The molecule has 160 valence electrons. The first kappa shape index (κ1) is 21.5. The lowest BCUT2D eigenvalue weighted by atomic mass is 9.78. The Morgan fingerprint density at radius 1 is 1.20 bits per heavy atom. The van der Waals surface area contributed by atoms with Gasteiger partial charge in [-0.3, -0.25) is 0 Å². The molecule has 2 aromatic carbocycles. The number of hydrogen-bond donors (Lipinski definition) is 4. The van der Waals surface area contributed by atoms with E-state index in [0.717, 1.165) is 27.8 Å². The largest absolute Gasteiger partial charge is 0.507 e. The fraction of sp³-hybridized carbons (Fsp3) is 0.391. The number of rotatable bonds is 4. The highest BCUT2D eigenvalue weighted by molar-refractivity contribution is 5.92. The maximum Gasteiger partial charge on any atom is 0.336 e. The zero-order chi connectivity index (χ0) is 22.4. The zero-order valence-corrected chi connectivity index (χ0v) is 18.1. The Bertz CT molecular complexity index is 1070. The molecule has 1 atom stereocenters. The van der Waals surface area contributed by atoms with E-state index >= 15 is 0 Å². The van der Waals surface area contributed by atoms with E-state index in [4.69, 9.17) is 16.2 Å². The number of carboxylic acids is 1. The molecular formula is C23H29N3O4. The summed E-state index contributed by atoms with van der Waals surface area (Å²) in [6, 6.07) is 3.16. The fourth-order valence-electron chi connectivity index (χ4n) is 4.44. The molecule has 1 aliphatic rings. The minimum atomic E-state index is -1.03. The van der Waals surface area contributed by atoms with Crippen LogP contribution in [0.5, 0.6) is 11.5 Å². The Balaban J connectivity index is 2.28. The summed E-state index contributed by atoms with van der Waals surface area (Å²) < 4.78 is 6.56. The number of guanidine groups is 1. The number of ether oxygens (including phenoxy) is 1. The van der Waals surface area contributed by atoms with E-state index in [1.807, 2.05) is 34.6 Å². The fourth-order valence-corrected chi connectivity index (χ4v) is 4.44. The number of fused-ring (bicyclic) bond motifs is 1. The topological polar surface area (TPSA) is 131 Å². The average molecular weight is 412 g/mol. The second-order valence-electron chi connectivity index (χ2n) is 8.05. The van der Waals surface area contributed by atoms with Gasteiger partial charge in [0.05, 0.1) is 11.3 Å². The van der Waals surface area contributed by atoms with E-state index < -0.39 is 11.6 Å². The lowest BCUT2D eigenvalue weighted by molar-refractivity contribution is 0.0542. The van der Waals surface area contributed by atoms with Crippen LogP contribution in [0, 0.1) is 20.8 Å². The van der Waals surface area contributed by atoms with Crippen molar-refractivity contribution in [3.63, 3.8) is 0 Å². The van der Waals surface area contributed by atoms with Crippen LogP contribution in [0.3, 0.4) is 0 Å². The van der Waals surface area contributed by atoms with E-state index in [1.54, 1.807) is 6.07 Å². The van der Waals surface area contributed by atoms with Crippen molar-refractivity contribution >= 4 is 17.6 Å². The summed E-state index contributed by atoms with van der Waals surface area (Å²) in [7, 11) is 0. The molecule has 6 N–H and O–H groups in total. The van der Waals surface area contributed by atoms with Crippen molar-refractivity contribution in [2.45, 2.75) is 59.5 Å². The molecule has 0 spiro atoms. The summed E-state index contributed by atoms with van der Waals surface area (Å²) in [5, 5.41) is 20.3. The van der Waals surface area contributed by atoms with Gasteiger partial charge in [-0.2, -0.15) is 0 Å². The number of phenols is 1. The molecule has 0 saturated heterocycles. The normalized spacial score (nSPS) is 17.8. The molecule has 3 rings (SSSR count). The van der Waals surface area contributed by atoms with Crippen molar-refractivity contribution in [3.05, 3.63) is 51.1 Å². The molecule has 0 saturated carbocycles. The molecule has 7 nitrogen and oxygen atoms in total. The number of carbonyl (C=O) groups is 1. The van der Waals surface area contributed by atoms with Crippen LogP contribution < -0.4 is 16.2 Å². The first-order valence-electron chi connectivity index (χ1n) is 10.0. The van der Waals surface area contributed by atoms with Gasteiger partial charge in [0.15, 0.2) is 5.96 Å². The Morgan fingerprint density at radius 2 is 1.87 bits per heavy atom. The quantitative estimate of drug-likeness (QED) is 0.448. The lowest BCUT2D eigenvalue weighted by Crippen LogP contribution is -2.37. The molecule has 1 aliphatic heterocycles. The third-order valence-electron chi connectivity index (χ3n) is 6.17. The van der Waals surface area contributed by atoms with Crippen LogP contribution in [0.4, 0.5) is 5.69 Å². The molecule has 7 heteroatoms. The Labute approximate surface area is 176 Å². The maximum atomic E-state index is 12.1. The predicted octanol–water partition coefficient (Wildman–Crippen LogP) is 3.72. The molecule has 0 radical (unpaired) electrons. The first-order chi connectivity index (χ1) is 14.0. The molecule has 30 heavy (non-hydrogen) atoms. The van der Waals surface area contributed by atoms with E-state index in [2.05, 4.69) is 4.99 Å². The van der Waals surface area contributed by atoms with Crippen molar-refractivity contribution in [2.75, 3.05) is 0 Å². The van der Waals surface area contributed by atoms with Gasteiger partial charge in [0.25, 0.3) is 0 Å². The van der Waals surface area contributed by atoms with Crippen molar-refractivity contribution in [3.8, 4) is 11.5 Å². The van der Waals surface area contributed by atoms with Crippen LogP contribution in [-0.2, 0) is 18.4 Å². The third kappa shape index (κ3) is 3.34. The van der Waals surface area contributed by atoms with Crippen LogP contribution in [-0.4, -0.2) is 22.1 Å². The monoisotopic (exact) mass is 411 g/mol. The maximum absolute atomic E-state index is 12.1. The van der Waals surface area contributed by atoms with Gasteiger partial charge >= 0.3 is 5.97 Å². The average Bonchev–Trinajstić information content (AvgIpc) is 2.69. The number of nitrogens with zero attached hydrogens (tertiary/aromatic N) is 1. The third-order valence-corrected chi connectivity index (χ3v) is 6.17. The number of phenolic OH excluding ortho intramolecular Hbond substituents is 1. The summed E-state index contributed by atoms with van der Waals surface area (Å²) in [5.74, 6) is -0.117. The SMILES string of the molecule is CCc1c(N=C(N)N)ccc(C(=O)O)c1C1(C)CCc2c(C)c(O)c(C)c(C)c2O1. The zero-order valence-electron chi connectivity index (χ0n) is 18.1. The highest BCUT2D eigenvalue weighted by Gasteiger charge is 2.40. The number of hydrogen-bond acceptors (Lipinski definition) is 4. The van der Waals surface area contributed by atoms with Crippen LogP contribution >= 0.6 is 0 Å². The van der Waals surface area contributed by atoms with Crippen molar-refractivity contribution in [2.24, 2.45) is 16.5 Å². The molecule has 0 fully saturated rings. The second kappa shape index (κ2) is 7.55. The minimum Gasteiger partial charge on any atom is -0.507 e. The standard InChI is InChI=1S/C23H29N3O4/c1-6-14-17(26-22(24)25)8-7-16(21(28)29)18(14)23(5)10-9-15-13(4)19(27)11(2)12(3)20(15)30-23/h7-8,27H,6,9-10H2,1-5H3,(H,28,29)(H4,24,25,26). The number of carboxylic acid groups (broad SMARTS) is 1. The predicted molar refractivity (Wildman–Crippen MR) is 117 cm³/mol. The van der Waals surface area contributed by atoms with Crippen molar-refractivity contribution < 1.29 is 19.7 Å². The summed E-state index contributed by atoms with van der Waals surface area (Å²) in [6.45, 7) is 9.49. The van der Waals surface area contributed by atoms with Gasteiger partial charge in [-0.15, -0.1) is 0 Å². The van der Waals surface area contributed by atoms with E-state index in [-0.39, 0.29) is 17.3 Å². The molecule has 1 heterocycles. The van der Waals surface area contributed by atoms with Crippen molar-refractivity contribution in [1.82, 2.24) is 0 Å². The van der Waals surface area contributed by atoms with Gasteiger partial charge in [-0.25, -0.2) is 9.79 Å². The van der Waals surface area contributed by atoms with E-state index in [1.165, 1.54) is 6.07 Å². The molecule has 0 bridgehead atoms. The number of aromatic carboxylic acids is 1. The van der Waals surface area contributed by atoms with Crippen LogP contribution in [0.1, 0.15) is 64.0 Å². The number of aliphatic imine (C=N–C) groups is 1. The minimum absolute atomic E-state index is 0.0867. The summed E-state index contributed by atoms with van der Waals surface area (Å²) in [5.41, 5.74) is 15.7. The molecular weight excluding hydrogens is 382 g/mol. The number of aromatic hydroxyl groups is 1. The molecule has 0 aliphatic carbocycles. The highest BCUT2D eigenvalue weighted by atomic mass is 16.5. The van der Waals surface area contributed by atoms with Gasteiger partial charge in [0.2, 0.25) is 0 Å². The summed E-state index contributed by atoms with van der Waals surface area (Å²) in [4.78, 5) is 16.3. The smallest absolute Gasteiger partial charge is 0.336 e. The van der Waals surface area contributed by atoms with E-state index in [0.29, 0.717) is 36.3 Å². The van der Waals surface area contributed by atoms with Gasteiger partial charge in [-0.1, -0.05) is 6.92 Å². The van der Waals surface area contributed by atoms with Gasteiger partial charge in [0.1, 0.15) is 17.1 Å². The molecule has 2 aromatic rings. The van der Waals surface area contributed by atoms with Gasteiger partial charge in [0, 0.05) is 11.1 Å². The Hall–Kier alpha value is -3.22. The Morgan fingerprint density at radius 3 is 2.43 bits per heavy atom. The summed E-state index contributed by atoms with van der Waals surface area (Å²) >= 11 is 0.